The van der Waals surface area contributed by atoms with Crippen LogP contribution in [0.2, 0.25) is 6.32 Å². The van der Waals surface area contributed by atoms with Gasteiger partial charge in [-0.25, -0.2) is 0 Å². The molecule has 0 aromatic heterocycles. The lowest BCUT2D eigenvalue weighted by molar-refractivity contribution is -0.166. The van der Waals surface area contributed by atoms with Crippen LogP contribution < -0.4 is 0 Å². The standard InChI is InChI=1S/C23H39BO2/c1-8-9-24(25-20-12-16-10-18(14(20)2)22(16,4)5)26-21-13-17-11-19(15(21)3)23(17,6)7/h8,14-21H,1,9-13H2,2-7H3/t14-,15-,16+,17+,18-,19-,20-,21-/m1/s1. The van der Waals surface area contributed by atoms with Gasteiger partial charge in [0.05, 0.1) is 0 Å². The second-order valence-corrected chi connectivity index (χ2v) is 11.2. The summed E-state index contributed by atoms with van der Waals surface area (Å²) in [6.07, 6.45) is 8.73. The van der Waals surface area contributed by atoms with Gasteiger partial charge in [-0.1, -0.05) is 47.6 Å². The zero-order valence-electron chi connectivity index (χ0n) is 17.8. The zero-order chi connectivity index (χ0) is 18.9. The van der Waals surface area contributed by atoms with Crippen LogP contribution in [0.5, 0.6) is 0 Å². The van der Waals surface area contributed by atoms with Gasteiger partial charge in [-0.15, -0.1) is 6.58 Å². The van der Waals surface area contributed by atoms with Gasteiger partial charge in [0.2, 0.25) is 0 Å². The third kappa shape index (κ3) is 2.75. The summed E-state index contributed by atoms with van der Waals surface area (Å²) < 4.78 is 13.2. The Morgan fingerprint density at radius 1 is 0.846 bits per heavy atom. The van der Waals surface area contributed by atoms with Gasteiger partial charge in [0.15, 0.2) is 0 Å². The van der Waals surface area contributed by atoms with Crippen LogP contribution in [-0.2, 0) is 9.31 Å². The summed E-state index contributed by atoms with van der Waals surface area (Å²) in [6, 6.07) is 0. The summed E-state index contributed by atoms with van der Waals surface area (Å²) in [7, 11) is -0.103. The van der Waals surface area contributed by atoms with E-state index in [1.165, 1.54) is 25.7 Å². The van der Waals surface area contributed by atoms with Gasteiger partial charge < -0.3 is 9.31 Å². The average Bonchev–Trinajstić information content (AvgIpc) is 2.57. The van der Waals surface area contributed by atoms with Crippen molar-refractivity contribution in [2.45, 2.75) is 85.8 Å². The van der Waals surface area contributed by atoms with E-state index < -0.39 is 0 Å². The Morgan fingerprint density at radius 3 is 1.58 bits per heavy atom. The van der Waals surface area contributed by atoms with Crippen molar-refractivity contribution in [2.75, 3.05) is 0 Å². The second kappa shape index (κ2) is 6.37. The summed E-state index contributed by atoms with van der Waals surface area (Å²) in [5.41, 5.74) is 1.03. The van der Waals surface area contributed by atoms with E-state index in [1.807, 2.05) is 6.08 Å². The molecule has 0 aliphatic heterocycles. The first-order valence-electron chi connectivity index (χ1n) is 11.1. The molecule has 8 atom stereocenters. The van der Waals surface area contributed by atoms with E-state index in [2.05, 4.69) is 48.1 Å². The third-order valence-electron chi connectivity index (χ3n) is 9.58. The molecule has 0 heterocycles. The minimum atomic E-state index is -0.103. The molecule has 146 valence electrons. The van der Waals surface area contributed by atoms with Crippen LogP contribution in [0.1, 0.15) is 67.2 Å². The summed E-state index contributed by atoms with van der Waals surface area (Å²) in [5.74, 6) is 4.58. The maximum Gasteiger partial charge on any atom is 0.461 e. The molecule has 0 aromatic rings. The molecule has 3 heteroatoms. The monoisotopic (exact) mass is 358 g/mol. The van der Waals surface area contributed by atoms with Crippen LogP contribution in [0.3, 0.4) is 0 Å². The molecule has 4 bridgehead atoms. The van der Waals surface area contributed by atoms with Gasteiger partial charge >= 0.3 is 7.12 Å². The normalized spacial score (nSPS) is 47.5. The highest BCUT2D eigenvalue weighted by molar-refractivity contribution is 6.45. The number of hydrogen-bond acceptors (Lipinski definition) is 2. The lowest BCUT2D eigenvalue weighted by Gasteiger charge is -2.63. The van der Waals surface area contributed by atoms with Crippen LogP contribution in [0.15, 0.2) is 12.7 Å². The Hall–Kier alpha value is -0.275. The maximum absolute atomic E-state index is 6.60. The number of allylic oxidation sites excluding steroid dienone is 1. The highest BCUT2D eigenvalue weighted by Crippen LogP contribution is 2.63. The van der Waals surface area contributed by atoms with E-state index >= 15 is 0 Å². The SMILES string of the molecule is C=CCB(O[C@@H]1C[C@@H]2C[C@H]([C@H]1C)C2(C)C)O[C@@H]1C[C@@H]2C[C@H]([C@H]1C)C2(C)C. The van der Waals surface area contributed by atoms with Crippen LogP contribution in [0, 0.1) is 46.3 Å². The molecular weight excluding hydrogens is 319 g/mol. The summed E-state index contributed by atoms with van der Waals surface area (Å²) in [5, 5.41) is 0. The molecule has 6 aliphatic carbocycles. The highest BCUT2D eigenvalue weighted by atomic mass is 16.6. The molecule has 0 spiro atoms. The van der Waals surface area contributed by atoms with Crippen molar-refractivity contribution in [3.8, 4) is 0 Å². The third-order valence-corrected chi connectivity index (χ3v) is 9.58. The maximum atomic E-state index is 6.60. The number of hydrogen-bond donors (Lipinski definition) is 0. The van der Waals surface area contributed by atoms with Crippen LogP contribution in [0.4, 0.5) is 0 Å². The largest absolute Gasteiger partial charge is 0.461 e. The van der Waals surface area contributed by atoms with E-state index in [1.54, 1.807) is 0 Å². The molecule has 0 unspecified atom stereocenters. The van der Waals surface area contributed by atoms with Gasteiger partial charge in [-0.05, 0) is 72.0 Å². The lowest BCUT2D eigenvalue weighted by Crippen LogP contribution is -2.59. The molecule has 6 rings (SSSR count). The number of fused-ring (bicyclic) bond motifs is 4. The fourth-order valence-corrected chi connectivity index (χ4v) is 7.23. The second-order valence-electron chi connectivity index (χ2n) is 11.2. The predicted octanol–water partition coefficient (Wildman–Crippen LogP) is 5.84. The minimum Gasteiger partial charge on any atom is -0.408 e. The summed E-state index contributed by atoms with van der Waals surface area (Å²) in [4.78, 5) is 0. The van der Waals surface area contributed by atoms with Gasteiger partial charge in [0.25, 0.3) is 0 Å². The molecule has 2 nitrogen and oxygen atoms in total. The zero-order valence-corrected chi connectivity index (χ0v) is 17.8. The molecule has 6 aliphatic rings. The van der Waals surface area contributed by atoms with Crippen molar-refractivity contribution in [3.63, 3.8) is 0 Å². The van der Waals surface area contributed by atoms with E-state index in [0.717, 1.165) is 30.0 Å². The van der Waals surface area contributed by atoms with E-state index in [-0.39, 0.29) is 7.12 Å². The van der Waals surface area contributed by atoms with Crippen LogP contribution in [0.25, 0.3) is 0 Å². The smallest absolute Gasteiger partial charge is 0.408 e. The highest BCUT2D eigenvalue weighted by Gasteiger charge is 2.58. The van der Waals surface area contributed by atoms with Crippen molar-refractivity contribution >= 4 is 7.12 Å². The Morgan fingerprint density at radius 2 is 1.27 bits per heavy atom. The first-order chi connectivity index (χ1) is 12.2. The van der Waals surface area contributed by atoms with E-state index in [0.29, 0.717) is 34.9 Å². The van der Waals surface area contributed by atoms with Crippen molar-refractivity contribution in [3.05, 3.63) is 12.7 Å². The minimum absolute atomic E-state index is 0.103. The molecule has 0 saturated heterocycles. The Balaban J connectivity index is 1.38. The molecule has 6 saturated carbocycles. The van der Waals surface area contributed by atoms with Crippen molar-refractivity contribution in [1.29, 1.82) is 0 Å². The Bertz CT molecular complexity index is 512. The molecule has 6 fully saturated rings. The first kappa shape index (κ1) is 19.1. The van der Waals surface area contributed by atoms with Gasteiger partial charge in [0, 0.05) is 18.5 Å². The number of rotatable bonds is 6. The van der Waals surface area contributed by atoms with E-state index in [4.69, 9.17) is 9.31 Å². The van der Waals surface area contributed by atoms with Crippen LogP contribution >= 0.6 is 0 Å². The quantitative estimate of drug-likeness (QED) is 0.439. The summed E-state index contributed by atoms with van der Waals surface area (Å²) >= 11 is 0. The summed E-state index contributed by atoms with van der Waals surface area (Å²) in [6.45, 7) is 18.6. The van der Waals surface area contributed by atoms with Crippen molar-refractivity contribution in [2.24, 2.45) is 46.3 Å². The predicted molar refractivity (Wildman–Crippen MR) is 109 cm³/mol. The fourth-order valence-electron chi connectivity index (χ4n) is 7.23. The molecule has 26 heavy (non-hydrogen) atoms. The molecular formula is C23H39BO2. The van der Waals surface area contributed by atoms with E-state index in [9.17, 15) is 0 Å². The van der Waals surface area contributed by atoms with Crippen molar-refractivity contribution < 1.29 is 9.31 Å². The molecule has 0 amide bonds. The van der Waals surface area contributed by atoms with Crippen molar-refractivity contribution in [1.82, 2.24) is 0 Å². The van der Waals surface area contributed by atoms with Gasteiger partial charge in [-0.3, -0.25) is 0 Å². The van der Waals surface area contributed by atoms with Gasteiger partial charge in [0.1, 0.15) is 0 Å². The molecule has 0 N–H and O–H groups in total. The van der Waals surface area contributed by atoms with Gasteiger partial charge in [-0.2, -0.15) is 0 Å². The first-order valence-corrected chi connectivity index (χ1v) is 11.1. The fraction of sp³-hybridized carbons (Fsp3) is 0.913. The Kier molecular flexibility index (Phi) is 4.67. The van der Waals surface area contributed by atoms with Crippen LogP contribution in [-0.4, -0.2) is 19.3 Å². The molecule has 0 radical (unpaired) electrons. The lowest BCUT2D eigenvalue weighted by atomic mass is 9.45. The Labute approximate surface area is 161 Å². The average molecular weight is 358 g/mol. The topological polar surface area (TPSA) is 18.5 Å². The molecule has 0 aromatic carbocycles.